The zero-order chi connectivity index (χ0) is 20.0. The van der Waals surface area contributed by atoms with Crippen molar-refractivity contribution in [3.63, 3.8) is 0 Å². The maximum atomic E-state index is 12.6. The maximum Gasteiger partial charge on any atom is 0.243 e. The number of rotatable bonds is 8. The Balaban J connectivity index is 1.50. The molecule has 0 atom stereocenters. The minimum atomic E-state index is -3.47. The van der Waals surface area contributed by atoms with E-state index in [0.29, 0.717) is 38.7 Å². The molecule has 2 aromatic rings. The van der Waals surface area contributed by atoms with Gasteiger partial charge in [0.1, 0.15) is 12.4 Å². The van der Waals surface area contributed by atoms with Gasteiger partial charge in [-0.05, 0) is 42.9 Å². The molecule has 0 N–H and O–H groups in total. The van der Waals surface area contributed by atoms with Gasteiger partial charge in [0.15, 0.2) is 0 Å². The fourth-order valence-corrected chi connectivity index (χ4v) is 4.56. The van der Waals surface area contributed by atoms with Crippen LogP contribution in [0.5, 0.6) is 5.75 Å². The van der Waals surface area contributed by atoms with E-state index < -0.39 is 10.0 Å². The Morgan fingerprint density at radius 1 is 1.11 bits per heavy atom. The van der Waals surface area contributed by atoms with Gasteiger partial charge < -0.3 is 9.47 Å². The van der Waals surface area contributed by atoms with Crippen LogP contribution in [0.15, 0.2) is 53.4 Å². The van der Waals surface area contributed by atoms with Crippen molar-refractivity contribution in [2.75, 3.05) is 46.5 Å². The summed E-state index contributed by atoms with van der Waals surface area (Å²) in [5, 5.41) is 0.757. The summed E-state index contributed by atoms with van der Waals surface area (Å²) in [5.41, 5.74) is 1.07. The zero-order valence-corrected chi connectivity index (χ0v) is 17.5. The van der Waals surface area contributed by atoms with Crippen LogP contribution in [-0.2, 0) is 21.3 Å². The molecule has 1 aliphatic heterocycles. The van der Waals surface area contributed by atoms with Gasteiger partial charge in [-0.1, -0.05) is 29.8 Å². The van der Waals surface area contributed by atoms with E-state index in [1.165, 1.54) is 4.31 Å². The van der Waals surface area contributed by atoms with Crippen molar-refractivity contribution in [2.45, 2.75) is 11.4 Å². The average Bonchev–Trinajstić information content (AvgIpc) is 2.71. The summed E-state index contributed by atoms with van der Waals surface area (Å²) in [6.07, 6.45) is 0. The third-order valence-corrected chi connectivity index (χ3v) is 6.85. The lowest BCUT2D eigenvalue weighted by atomic mass is 10.2. The van der Waals surface area contributed by atoms with Gasteiger partial charge >= 0.3 is 0 Å². The molecular formula is C20H25ClN2O4S. The van der Waals surface area contributed by atoms with Crippen LogP contribution >= 0.6 is 11.6 Å². The fraction of sp³-hybridized carbons (Fsp3) is 0.400. The summed E-state index contributed by atoms with van der Waals surface area (Å²) in [6.45, 7) is 3.59. The SMILES string of the molecule is CN(CCOc1ccc(S(=O)(=O)N2CCOCC2)cc1)Cc1ccccc1Cl. The lowest BCUT2D eigenvalue weighted by Gasteiger charge is -2.26. The van der Waals surface area contributed by atoms with Crippen LogP contribution in [0, 0.1) is 0 Å². The Morgan fingerprint density at radius 3 is 2.46 bits per heavy atom. The lowest BCUT2D eigenvalue weighted by Crippen LogP contribution is -2.40. The summed E-state index contributed by atoms with van der Waals surface area (Å²) in [4.78, 5) is 2.40. The molecule has 28 heavy (non-hydrogen) atoms. The summed E-state index contributed by atoms with van der Waals surface area (Å²) < 4.78 is 37.7. The summed E-state index contributed by atoms with van der Waals surface area (Å²) in [5.74, 6) is 0.645. The Labute approximate surface area is 171 Å². The fourth-order valence-electron chi connectivity index (χ4n) is 2.96. The highest BCUT2D eigenvalue weighted by atomic mass is 35.5. The van der Waals surface area contributed by atoms with Gasteiger partial charge in [-0.3, -0.25) is 4.90 Å². The molecule has 0 spiro atoms. The maximum absolute atomic E-state index is 12.6. The van der Waals surface area contributed by atoms with E-state index in [-0.39, 0.29) is 4.90 Å². The van der Waals surface area contributed by atoms with Gasteiger partial charge in [0.2, 0.25) is 10.0 Å². The molecule has 0 amide bonds. The van der Waals surface area contributed by atoms with Gasteiger partial charge in [0.25, 0.3) is 0 Å². The lowest BCUT2D eigenvalue weighted by molar-refractivity contribution is 0.0730. The topological polar surface area (TPSA) is 59.1 Å². The first-order chi connectivity index (χ1) is 13.5. The number of likely N-dealkylation sites (N-methyl/N-ethyl adjacent to an activating group) is 1. The zero-order valence-electron chi connectivity index (χ0n) is 15.9. The summed E-state index contributed by atoms with van der Waals surface area (Å²) in [7, 11) is -1.47. The number of hydrogen-bond acceptors (Lipinski definition) is 5. The standard InChI is InChI=1S/C20H25ClN2O4S/c1-22(16-17-4-2-3-5-20(17)21)10-15-27-18-6-8-19(9-7-18)28(24,25)23-11-13-26-14-12-23/h2-9H,10-16H2,1H3. The predicted molar refractivity (Wildman–Crippen MR) is 109 cm³/mol. The molecule has 1 saturated heterocycles. The van der Waals surface area contributed by atoms with Crippen LogP contribution in [-0.4, -0.2) is 64.1 Å². The van der Waals surface area contributed by atoms with E-state index in [1.807, 2.05) is 31.3 Å². The highest BCUT2D eigenvalue weighted by molar-refractivity contribution is 7.89. The molecule has 0 radical (unpaired) electrons. The van der Waals surface area contributed by atoms with Crippen LogP contribution in [0.3, 0.4) is 0 Å². The largest absolute Gasteiger partial charge is 0.492 e. The average molecular weight is 425 g/mol. The van der Waals surface area contributed by atoms with Crippen molar-refractivity contribution < 1.29 is 17.9 Å². The van der Waals surface area contributed by atoms with Gasteiger partial charge in [-0.25, -0.2) is 8.42 Å². The van der Waals surface area contributed by atoms with E-state index >= 15 is 0 Å². The van der Waals surface area contributed by atoms with Crippen molar-refractivity contribution in [1.82, 2.24) is 9.21 Å². The molecule has 0 aromatic heterocycles. The van der Waals surface area contributed by atoms with Crippen LogP contribution < -0.4 is 4.74 Å². The van der Waals surface area contributed by atoms with E-state index in [0.717, 1.165) is 23.7 Å². The van der Waals surface area contributed by atoms with Gasteiger partial charge in [0, 0.05) is 31.2 Å². The van der Waals surface area contributed by atoms with Crippen molar-refractivity contribution in [2.24, 2.45) is 0 Å². The number of benzene rings is 2. The summed E-state index contributed by atoms with van der Waals surface area (Å²) >= 11 is 6.19. The number of halogens is 1. The van der Waals surface area contributed by atoms with Crippen molar-refractivity contribution in [3.8, 4) is 5.75 Å². The number of ether oxygens (including phenoxy) is 2. The van der Waals surface area contributed by atoms with Crippen molar-refractivity contribution in [1.29, 1.82) is 0 Å². The van der Waals surface area contributed by atoms with Crippen LogP contribution in [0.25, 0.3) is 0 Å². The molecule has 0 aliphatic carbocycles. The normalized spacial score (nSPS) is 15.7. The number of nitrogens with zero attached hydrogens (tertiary/aromatic N) is 2. The molecule has 3 rings (SSSR count). The van der Waals surface area contributed by atoms with E-state index in [4.69, 9.17) is 21.1 Å². The first kappa shape index (κ1) is 21.1. The van der Waals surface area contributed by atoms with Crippen molar-refractivity contribution >= 4 is 21.6 Å². The van der Waals surface area contributed by atoms with Crippen LogP contribution in [0.4, 0.5) is 0 Å². The Morgan fingerprint density at radius 2 is 1.79 bits per heavy atom. The first-order valence-electron chi connectivity index (χ1n) is 9.19. The van der Waals surface area contributed by atoms with E-state index in [9.17, 15) is 8.42 Å². The molecule has 6 nitrogen and oxygen atoms in total. The van der Waals surface area contributed by atoms with E-state index in [1.54, 1.807) is 24.3 Å². The molecule has 2 aromatic carbocycles. The number of morpholine rings is 1. The minimum absolute atomic E-state index is 0.276. The third kappa shape index (κ3) is 5.46. The summed E-state index contributed by atoms with van der Waals surface area (Å²) in [6, 6.07) is 14.3. The minimum Gasteiger partial charge on any atom is -0.492 e. The molecular weight excluding hydrogens is 400 g/mol. The quantitative estimate of drug-likeness (QED) is 0.652. The van der Waals surface area contributed by atoms with Crippen molar-refractivity contribution in [3.05, 3.63) is 59.1 Å². The second-order valence-electron chi connectivity index (χ2n) is 6.67. The molecule has 1 heterocycles. The third-order valence-electron chi connectivity index (χ3n) is 4.57. The van der Waals surface area contributed by atoms with E-state index in [2.05, 4.69) is 4.90 Å². The monoisotopic (exact) mass is 424 g/mol. The Kier molecular flexibility index (Phi) is 7.31. The molecule has 1 fully saturated rings. The molecule has 0 unspecified atom stereocenters. The number of hydrogen-bond donors (Lipinski definition) is 0. The van der Waals surface area contributed by atoms with Gasteiger partial charge in [-0.15, -0.1) is 0 Å². The predicted octanol–water partition coefficient (Wildman–Crippen LogP) is 2.87. The van der Waals surface area contributed by atoms with Crippen LogP contribution in [0.1, 0.15) is 5.56 Å². The smallest absolute Gasteiger partial charge is 0.243 e. The number of sulfonamides is 1. The molecule has 8 heteroatoms. The van der Waals surface area contributed by atoms with Crippen LogP contribution in [0.2, 0.25) is 5.02 Å². The highest BCUT2D eigenvalue weighted by Crippen LogP contribution is 2.21. The molecule has 0 saturated carbocycles. The second-order valence-corrected chi connectivity index (χ2v) is 9.01. The molecule has 0 bridgehead atoms. The molecule has 1 aliphatic rings. The van der Waals surface area contributed by atoms with Gasteiger partial charge in [0.05, 0.1) is 18.1 Å². The molecule has 152 valence electrons. The highest BCUT2D eigenvalue weighted by Gasteiger charge is 2.26. The Bertz CT molecular complexity index is 868. The second kappa shape index (κ2) is 9.71. The Hall–Kier alpha value is -1.64. The van der Waals surface area contributed by atoms with Gasteiger partial charge in [-0.2, -0.15) is 4.31 Å². The first-order valence-corrected chi connectivity index (χ1v) is 11.0.